The maximum Gasteiger partial charge on any atom is 0.325 e. The lowest BCUT2D eigenvalue weighted by Gasteiger charge is -2.09. The Hall–Kier alpha value is -2.88. The molecule has 0 saturated heterocycles. The molecule has 0 spiro atoms. The van der Waals surface area contributed by atoms with E-state index in [1.165, 1.54) is 0 Å². The Balaban J connectivity index is 2.22. The lowest BCUT2D eigenvalue weighted by atomic mass is 10.0. The summed E-state index contributed by atoms with van der Waals surface area (Å²) in [7, 11) is 0. The number of nitrogens with one attached hydrogen (secondary N) is 1. The quantitative estimate of drug-likeness (QED) is 0.507. The van der Waals surface area contributed by atoms with E-state index in [-0.39, 0.29) is 12.5 Å². The minimum Gasteiger partial charge on any atom is -0.465 e. The first kappa shape index (κ1) is 16.5. The topological polar surface area (TPSA) is 55.4 Å². The zero-order valence-electron chi connectivity index (χ0n) is 13.0. The Kier molecular flexibility index (Phi) is 6.12. The molecule has 0 heterocycles. The van der Waals surface area contributed by atoms with Crippen LogP contribution in [-0.2, 0) is 14.3 Å². The molecule has 2 rings (SSSR count). The van der Waals surface area contributed by atoms with Crippen molar-refractivity contribution in [1.82, 2.24) is 5.32 Å². The average Bonchev–Trinajstić information content (AvgIpc) is 2.59. The lowest BCUT2D eigenvalue weighted by molar-refractivity contribution is -0.143. The fourth-order valence-electron chi connectivity index (χ4n) is 2.07. The molecule has 0 aliphatic carbocycles. The molecule has 0 aliphatic rings. The summed E-state index contributed by atoms with van der Waals surface area (Å²) >= 11 is 0. The van der Waals surface area contributed by atoms with Crippen molar-refractivity contribution < 1.29 is 14.3 Å². The Morgan fingerprint density at radius 2 is 1.61 bits per heavy atom. The number of esters is 1. The molecule has 0 aliphatic heterocycles. The van der Waals surface area contributed by atoms with Crippen molar-refractivity contribution in [3.8, 4) is 0 Å². The van der Waals surface area contributed by atoms with Crippen molar-refractivity contribution in [3.05, 3.63) is 71.8 Å². The van der Waals surface area contributed by atoms with E-state index in [0.29, 0.717) is 12.2 Å². The molecular formula is C19H19NO3. The van der Waals surface area contributed by atoms with Gasteiger partial charge in [-0.2, -0.15) is 0 Å². The van der Waals surface area contributed by atoms with Crippen LogP contribution in [0.15, 0.2) is 60.7 Å². The van der Waals surface area contributed by atoms with E-state index in [2.05, 4.69) is 5.32 Å². The van der Waals surface area contributed by atoms with E-state index in [1.54, 1.807) is 13.0 Å². The predicted molar refractivity (Wildman–Crippen MR) is 90.4 cm³/mol. The molecule has 0 unspecified atom stereocenters. The Bertz CT molecular complexity index is 678. The van der Waals surface area contributed by atoms with Crippen LogP contribution in [0.3, 0.4) is 0 Å². The zero-order valence-corrected chi connectivity index (χ0v) is 13.0. The van der Waals surface area contributed by atoms with E-state index < -0.39 is 5.97 Å². The highest BCUT2D eigenvalue weighted by Gasteiger charge is 2.13. The van der Waals surface area contributed by atoms with Gasteiger partial charge >= 0.3 is 5.97 Å². The molecule has 0 saturated carbocycles. The van der Waals surface area contributed by atoms with Gasteiger partial charge in [0.2, 0.25) is 0 Å². The molecule has 0 bridgehead atoms. The van der Waals surface area contributed by atoms with Gasteiger partial charge in [0.05, 0.1) is 6.61 Å². The maximum atomic E-state index is 12.5. The summed E-state index contributed by atoms with van der Waals surface area (Å²) in [4.78, 5) is 23.9. The van der Waals surface area contributed by atoms with Crippen molar-refractivity contribution in [2.24, 2.45) is 0 Å². The summed E-state index contributed by atoms with van der Waals surface area (Å²) in [6.45, 7) is 1.87. The maximum absolute atomic E-state index is 12.5. The van der Waals surface area contributed by atoms with Crippen molar-refractivity contribution in [1.29, 1.82) is 0 Å². The minimum atomic E-state index is -0.451. The first-order chi connectivity index (χ1) is 11.2. The predicted octanol–water partition coefficient (Wildman–Crippen LogP) is 2.91. The number of carbonyl (C=O) groups excluding carboxylic acids is 2. The number of ether oxygens (including phenoxy) is 1. The Labute approximate surface area is 135 Å². The monoisotopic (exact) mass is 309 g/mol. The van der Waals surface area contributed by atoms with Crippen molar-refractivity contribution >= 4 is 23.5 Å². The third-order valence-electron chi connectivity index (χ3n) is 3.14. The van der Waals surface area contributed by atoms with Gasteiger partial charge in [0, 0.05) is 5.57 Å². The summed E-state index contributed by atoms with van der Waals surface area (Å²) < 4.78 is 4.82. The van der Waals surface area contributed by atoms with Crippen LogP contribution in [0.2, 0.25) is 0 Å². The average molecular weight is 309 g/mol. The molecule has 0 aromatic heterocycles. The molecule has 2 aromatic rings. The summed E-state index contributed by atoms with van der Waals surface area (Å²) in [5.41, 5.74) is 2.21. The van der Waals surface area contributed by atoms with E-state index in [4.69, 9.17) is 4.74 Å². The Morgan fingerprint density at radius 3 is 2.22 bits per heavy atom. The van der Waals surface area contributed by atoms with Crippen LogP contribution in [0, 0.1) is 0 Å². The number of benzene rings is 2. The molecule has 2 aromatic carbocycles. The van der Waals surface area contributed by atoms with Crippen molar-refractivity contribution in [2.75, 3.05) is 13.2 Å². The third kappa shape index (κ3) is 5.11. The van der Waals surface area contributed by atoms with Crippen LogP contribution >= 0.6 is 0 Å². The van der Waals surface area contributed by atoms with Gasteiger partial charge < -0.3 is 10.1 Å². The summed E-state index contributed by atoms with van der Waals surface area (Å²) in [5, 5.41) is 2.60. The van der Waals surface area contributed by atoms with Crippen LogP contribution in [-0.4, -0.2) is 25.0 Å². The number of amides is 1. The molecule has 4 heteroatoms. The van der Waals surface area contributed by atoms with Crippen LogP contribution in [0.5, 0.6) is 0 Å². The molecule has 4 nitrogen and oxygen atoms in total. The highest BCUT2D eigenvalue weighted by molar-refractivity contribution is 6.24. The van der Waals surface area contributed by atoms with E-state index in [0.717, 1.165) is 11.1 Å². The van der Waals surface area contributed by atoms with Crippen LogP contribution < -0.4 is 5.32 Å². The molecule has 118 valence electrons. The smallest absolute Gasteiger partial charge is 0.325 e. The van der Waals surface area contributed by atoms with Gasteiger partial charge in [-0.1, -0.05) is 60.7 Å². The third-order valence-corrected chi connectivity index (χ3v) is 3.14. The van der Waals surface area contributed by atoms with Gasteiger partial charge in [0.1, 0.15) is 6.54 Å². The van der Waals surface area contributed by atoms with Gasteiger partial charge in [0.15, 0.2) is 0 Å². The second kappa shape index (κ2) is 8.54. The fourth-order valence-corrected chi connectivity index (χ4v) is 2.07. The fraction of sp³-hybridized carbons (Fsp3) is 0.158. The molecule has 0 radical (unpaired) electrons. The van der Waals surface area contributed by atoms with Gasteiger partial charge in [0.25, 0.3) is 5.91 Å². The van der Waals surface area contributed by atoms with Crippen molar-refractivity contribution in [2.45, 2.75) is 6.92 Å². The number of carbonyl (C=O) groups is 2. The number of hydrogen-bond donors (Lipinski definition) is 1. The molecule has 1 amide bonds. The number of rotatable bonds is 6. The van der Waals surface area contributed by atoms with Crippen LogP contribution in [0.25, 0.3) is 11.6 Å². The minimum absolute atomic E-state index is 0.147. The summed E-state index contributed by atoms with van der Waals surface area (Å²) in [6.07, 6.45) is 1.80. The molecule has 23 heavy (non-hydrogen) atoms. The lowest BCUT2D eigenvalue weighted by Crippen LogP contribution is -2.31. The second-order valence-corrected chi connectivity index (χ2v) is 4.82. The first-order valence-corrected chi connectivity index (χ1v) is 7.46. The van der Waals surface area contributed by atoms with Crippen LogP contribution in [0.1, 0.15) is 18.1 Å². The normalized spacial score (nSPS) is 10.9. The standard InChI is InChI=1S/C19H19NO3/c1-2-23-18(21)14-20-19(22)17(16-11-7-4-8-12-16)13-15-9-5-3-6-10-15/h3-13H,2,14H2,1H3,(H,20,22)/b17-13+. The van der Waals surface area contributed by atoms with E-state index >= 15 is 0 Å². The number of hydrogen-bond acceptors (Lipinski definition) is 3. The SMILES string of the molecule is CCOC(=O)CNC(=O)/C(=C/c1ccccc1)c1ccccc1. The highest BCUT2D eigenvalue weighted by atomic mass is 16.5. The summed E-state index contributed by atoms with van der Waals surface area (Å²) in [5.74, 6) is -0.763. The molecular weight excluding hydrogens is 290 g/mol. The second-order valence-electron chi connectivity index (χ2n) is 4.82. The Morgan fingerprint density at radius 1 is 1.00 bits per heavy atom. The first-order valence-electron chi connectivity index (χ1n) is 7.46. The van der Waals surface area contributed by atoms with Gasteiger partial charge in [-0.05, 0) is 24.1 Å². The van der Waals surface area contributed by atoms with Crippen LogP contribution in [0.4, 0.5) is 0 Å². The highest BCUT2D eigenvalue weighted by Crippen LogP contribution is 2.18. The zero-order chi connectivity index (χ0) is 16.5. The van der Waals surface area contributed by atoms with Crippen molar-refractivity contribution in [3.63, 3.8) is 0 Å². The largest absolute Gasteiger partial charge is 0.465 e. The molecule has 0 atom stereocenters. The van der Waals surface area contributed by atoms with E-state index in [1.807, 2.05) is 60.7 Å². The van der Waals surface area contributed by atoms with E-state index in [9.17, 15) is 9.59 Å². The molecule has 0 fully saturated rings. The van der Waals surface area contributed by atoms with Gasteiger partial charge in [-0.25, -0.2) is 0 Å². The molecule has 1 N–H and O–H groups in total. The van der Waals surface area contributed by atoms with Gasteiger partial charge in [-0.3, -0.25) is 9.59 Å². The van der Waals surface area contributed by atoms with Gasteiger partial charge in [-0.15, -0.1) is 0 Å². The summed E-state index contributed by atoms with van der Waals surface area (Å²) in [6, 6.07) is 18.9.